The van der Waals surface area contributed by atoms with E-state index in [1.165, 1.54) is 19.3 Å². The highest BCUT2D eigenvalue weighted by atomic mass is 16.5. The zero-order chi connectivity index (χ0) is 12.3. The van der Waals surface area contributed by atoms with Crippen molar-refractivity contribution in [3.8, 4) is 0 Å². The molecular formula is C15H28O2. The topological polar surface area (TPSA) is 18.5 Å². The Balaban J connectivity index is 1.86. The number of ether oxygens (including phenoxy) is 2. The van der Waals surface area contributed by atoms with Crippen LogP contribution in [0.2, 0.25) is 0 Å². The van der Waals surface area contributed by atoms with E-state index < -0.39 is 0 Å². The molecule has 2 nitrogen and oxygen atoms in total. The maximum Gasteiger partial charge on any atom is 0.0497 e. The molecule has 2 rings (SSSR count). The Bertz CT molecular complexity index is 221. The molecule has 0 saturated carbocycles. The summed E-state index contributed by atoms with van der Waals surface area (Å²) in [5.41, 5.74) is 0. The number of rotatable bonds is 4. The summed E-state index contributed by atoms with van der Waals surface area (Å²) in [4.78, 5) is 0. The summed E-state index contributed by atoms with van der Waals surface area (Å²) in [6.45, 7) is 11.1. The van der Waals surface area contributed by atoms with Gasteiger partial charge in [0.1, 0.15) is 0 Å². The van der Waals surface area contributed by atoms with Crippen molar-refractivity contribution in [2.45, 2.75) is 40.0 Å². The zero-order valence-electron chi connectivity index (χ0n) is 11.7. The molecule has 0 amide bonds. The Hall–Kier alpha value is -0.0800. The Kier molecular flexibility index (Phi) is 4.87. The standard InChI is InChI=1S/C15H28O2/c1-11(2)15-5-7-17-10-14(15)8-12(3)13-4-6-16-9-13/h11-15H,4-10H2,1-3H3. The average molecular weight is 240 g/mol. The molecule has 0 aliphatic carbocycles. The van der Waals surface area contributed by atoms with E-state index in [4.69, 9.17) is 9.47 Å². The van der Waals surface area contributed by atoms with Crippen molar-refractivity contribution in [3.05, 3.63) is 0 Å². The lowest BCUT2D eigenvalue weighted by atomic mass is 9.74. The van der Waals surface area contributed by atoms with E-state index in [2.05, 4.69) is 20.8 Å². The third-order valence-electron chi connectivity index (χ3n) is 4.83. The van der Waals surface area contributed by atoms with Gasteiger partial charge in [0.25, 0.3) is 0 Å². The molecule has 0 bridgehead atoms. The molecule has 0 aromatic heterocycles. The lowest BCUT2D eigenvalue weighted by Crippen LogP contribution is -2.33. The predicted molar refractivity (Wildman–Crippen MR) is 70.0 cm³/mol. The Morgan fingerprint density at radius 1 is 1.00 bits per heavy atom. The van der Waals surface area contributed by atoms with Crippen LogP contribution < -0.4 is 0 Å². The Morgan fingerprint density at radius 2 is 1.71 bits per heavy atom. The zero-order valence-corrected chi connectivity index (χ0v) is 11.7. The van der Waals surface area contributed by atoms with Gasteiger partial charge in [-0.15, -0.1) is 0 Å². The maximum atomic E-state index is 5.69. The molecule has 0 spiro atoms. The van der Waals surface area contributed by atoms with Crippen molar-refractivity contribution in [2.24, 2.45) is 29.6 Å². The Morgan fingerprint density at radius 3 is 2.35 bits per heavy atom. The highest BCUT2D eigenvalue weighted by molar-refractivity contribution is 4.80. The molecule has 0 radical (unpaired) electrons. The molecule has 2 fully saturated rings. The normalized spacial score (nSPS) is 36.4. The molecule has 2 aliphatic heterocycles. The highest BCUT2D eigenvalue weighted by Crippen LogP contribution is 2.36. The first kappa shape index (κ1) is 13.4. The summed E-state index contributed by atoms with van der Waals surface area (Å²) >= 11 is 0. The molecule has 0 aromatic rings. The van der Waals surface area contributed by atoms with Gasteiger partial charge < -0.3 is 9.47 Å². The number of hydrogen-bond donors (Lipinski definition) is 0. The second kappa shape index (κ2) is 6.19. The van der Waals surface area contributed by atoms with Gasteiger partial charge in [0.05, 0.1) is 0 Å². The fourth-order valence-corrected chi connectivity index (χ4v) is 3.61. The summed E-state index contributed by atoms with van der Waals surface area (Å²) in [6.07, 6.45) is 3.86. The van der Waals surface area contributed by atoms with E-state index in [1.54, 1.807) is 0 Å². The summed E-state index contributed by atoms with van der Waals surface area (Å²) in [5, 5.41) is 0. The van der Waals surface area contributed by atoms with Crippen LogP contribution in [0.5, 0.6) is 0 Å². The number of hydrogen-bond acceptors (Lipinski definition) is 2. The molecular weight excluding hydrogens is 212 g/mol. The van der Waals surface area contributed by atoms with Crippen molar-refractivity contribution in [1.82, 2.24) is 0 Å². The fourth-order valence-electron chi connectivity index (χ4n) is 3.61. The van der Waals surface area contributed by atoms with Gasteiger partial charge in [-0.2, -0.15) is 0 Å². The first-order chi connectivity index (χ1) is 8.18. The first-order valence-corrected chi connectivity index (χ1v) is 7.34. The second-order valence-electron chi connectivity index (χ2n) is 6.37. The van der Waals surface area contributed by atoms with Gasteiger partial charge in [-0.3, -0.25) is 0 Å². The van der Waals surface area contributed by atoms with Crippen LogP contribution in [-0.2, 0) is 9.47 Å². The molecule has 17 heavy (non-hydrogen) atoms. The highest BCUT2D eigenvalue weighted by Gasteiger charge is 2.32. The maximum absolute atomic E-state index is 5.69. The van der Waals surface area contributed by atoms with Gasteiger partial charge in [0.2, 0.25) is 0 Å². The van der Waals surface area contributed by atoms with E-state index in [-0.39, 0.29) is 0 Å². The van der Waals surface area contributed by atoms with Crippen LogP contribution in [0.3, 0.4) is 0 Å². The van der Waals surface area contributed by atoms with E-state index in [1.807, 2.05) is 0 Å². The van der Waals surface area contributed by atoms with Crippen LogP contribution in [0.25, 0.3) is 0 Å². The van der Waals surface area contributed by atoms with Gasteiger partial charge in [-0.1, -0.05) is 20.8 Å². The van der Waals surface area contributed by atoms with Crippen LogP contribution in [-0.4, -0.2) is 26.4 Å². The first-order valence-electron chi connectivity index (χ1n) is 7.34. The fraction of sp³-hybridized carbons (Fsp3) is 1.00. The quantitative estimate of drug-likeness (QED) is 0.750. The van der Waals surface area contributed by atoms with Crippen molar-refractivity contribution >= 4 is 0 Å². The smallest absolute Gasteiger partial charge is 0.0497 e. The van der Waals surface area contributed by atoms with Crippen LogP contribution in [0.15, 0.2) is 0 Å². The van der Waals surface area contributed by atoms with Gasteiger partial charge in [-0.05, 0) is 48.9 Å². The lowest BCUT2D eigenvalue weighted by Gasteiger charge is -2.36. The summed E-state index contributed by atoms with van der Waals surface area (Å²) in [5.74, 6) is 4.04. The molecule has 0 aromatic carbocycles. The molecule has 2 aliphatic rings. The third kappa shape index (κ3) is 3.45. The molecule has 4 atom stereocenters. The van der Waals surface area contributed by atoms with Gasteiger partial charge in [0, 0.05) is 26.4 Å². The summed E-state index contributed by atoms with van der Waals surface area (Å²) in [7, 11) is 0. The van der Waals surface area contributed by atoms with Crippen LogP contribution >= 0.6 is 0 Å². The van der Waals surface area contributed by atoms with Crippen molar-refractivity contribution in [2.75, 3.05) is 26.4 Å². The molecule has 0 N–H and O–H groups in total. The second-order valence-corrected chi connectivity index (χ2v) is 6.37. The van der Waals surface area contributed by atoms with Gasteiger partial charge in [0.15, 0.2) is 0 Å². The molecule has 2 saturated heterocycles. The summed E-state index contributed by atoms with van der Waals surface area (Å²) < 4.78 is 11.2. The SMILES string of the molecule is CC(C)C1CCOCC1CC(C)C1CCOC1. The van der Waals surface area contributed by atoms with E-state index in [0.717, 1.165) is 56.0 Å². The van der Waals surface area contributed by atoms with E-state index >= 15 is 0 Å². The van der Waals surface area contributed by atoms with Crippen LogP contribution in [0, 0.1) is 29.6 Å². The average Bonchev–Trinajstić information content (AvgIpc) is 2.83. The van der Waals surface area contributed by atoms with Gasteiger partial charge in [-0.25, -0.2) is 0 Å². The molecule has 2 heteroatoms. The third-order valence-corrected chi connectivity index (χ3v) is 4.83. The minimum absolute atomic E-state index is 0.777. The molecule has 100 valence electrons. The van der Waals surface area contributed by atoms with Crippen LogP contribution in [0.1, 0.15) is 40.0 Å². The molecule has 2 heterocycles. The van der Waals surface area contributed by atoms with E-state index in [0.29, 0.717) is 0 Å². The van der Waals surface area contributed by atoms with Crippen LogP contribution in [0.4, 0.5) is 0 Å². The largest absolute Gasteiger partial charge is 0.381 e. The van der Waals surface area contributed by atoms with E-state index in [9.17, 15) is 0 Å². The summed E-state index contributed by atoms with van der Waals surface area (Å²) in [6, 6.07) is 0. The predicted octanol–water partition coefficient (Wildman–Crippen LogP) is 3.36. The van der Waals surface area contributed by atoms with Crippen molar-refractivity contribution in [1.29, 1.82) is 0 Å². The lowest BCUT2D eigenvalue weighted by molar-refractivity contribution is -0.0114. The Labute approximate surface area is 106 Å². The van der Waals surface area contributed by atoms with Gasteiger partial charge >= 0.3 is 0 Å². The van der Waals surface area contributed by atoms with Crippen molar-refractivity contribution < 1.29 is 9.47 Å². The minimum atomic E-state index is 0.777. The molecule has 4 unspecified atom stereocenters. The minimum Gasteiger partial charge on any atom is -0.381 e. The van der Waals surface area contributed by atoms with Crippen molar-refractivity contribution in [3.63, 3.8) is 0 Å². The monoisotopic (exact) mass is 240 g/mol.